The topological polar surface area (TPSA) is 38.4 Å². The first-order chi connectivity index (χ1) is 6.43. The van der Waals surface area contributed by atoms with Crippen LogP contribution in [0.5, 0.6) is 0 Å². The molecular weight excluding hydrogens is 160 g/mol. The number of hydrogen-bond acceptors (Lipinski definition) is 2. The van der Waals surface area contributed by atoms with E-state index < -0.39 is 0 Å². The molecule has 0 aliphatic heterocycles. The summed E-state index contributed by atoms with van der Waals surface area (Å²) in [4.78, 5) is 4.07. The van der Waals surface area contributed by atoms with Gasteiger partial charge < -0.3 is 5.73 Å². The SMILES string of the molecule is NCCN=C/C=C/c1ccccc1. The van der Waals surface area contributed by atoms with E-state index in [0.717, 1.165) is 0 Å². The van der Waals surface area contributed by atoms with Crippen LogP contribution in [-0.4, -0.2) is 19.3 Å². The number of benzene rings is 1. The monoisotopic (exact) mass is 174 g/mol. The van der Waals surface area contributed by atoms with E-state index >= 15 is 0 Å². The van der Waals surface area contributed by atoms with Crippen LogP contribution in [0.4, 0.5) is 0 Å². The molecular formula is C11H14N2. The van der Waals surface area contributed by atoms with Crippen LogP contribution >= 0.6 is 0 Å². The van der Waals surface area contributed by atoms with E-state index in [0.29, 0.717) is 13.1 Å². The maximum atomic E-state index is 5.28. The largest absolute Gasteiger partial charge is 0.329 e. The Labute approximate surface area is 78.8 Å². The fraction of sp³-hybridized carbons (Fsp3) is 0.182. The Balaban J connectivity index is 2.41. The molecule has 1 aromatic rings. The Kier molecular flexibility index (Phi) is 4.57. The van der Waals surface area contributed by atoms with Gasteiger partial charge in [-0.05, 0) is 11.6 Å². The standard InChI is InChI=1S/C11H14N2/c12-8-10-13-9-4-7-11-5-2-1-3-6-11/h1-7,9H,8,10,12H2/b7-4+,13-9?. The molecule has 0 spiro atoms. The van der Waals surface area contributed by atoms with Gasteiger partial charge in [0.15, 0.2) is 0 Å². The summed E-state index contributed by atoms with van der Waals surface area (Å²) >= 11 is 0. The van der Waals surface area contributed by atoms with Crippen molar-refractivity contribution in [3.05, 3.63) is 42.0 Å². The summed E-state index contributed by atoms with van der Waals surface area (Å²) in [5, 5.41) is 0. The van der Waals surface area contributed by atoms with Crippen LogP contribution in [0.3, 0.4) is 0 Å². The van der Waals surface area contributed by atoms with Gasteiger partial charge >= 0.3 is 0 Å². The van der Waals surface area contributed by atoms with Gasteiger partial charge in [0.25, 0.3) is 0 Å². The van der Waals surface area contributed by atoms with Crippen LogP contribution in [0, 0.1) is 0 Å². The molecule has 0 aliphatic carbocycles. The molecule has 0 aromatic heterocycles. The Bertz CT molecular complexity index is 275. The van der Waals surface area contributed by atoms with Gasteiger partial charge in [-0.25, -0.2) is 0 Å². The first kappa shape index (κ1) is 9.68. The summed E-state index contributed by atoms with van der Waals surface area (Å²) in [5.74, 6) is 0. The molecule has 1 aromatic carbocycles. The zero-order valence-electron chi connectivity index (χ0n) is 7.56. The minimum absolute atomic E-state index is 0.607. The Morgan fingerprint density at radius 2 is 2.00 bits per heavy atom. The molecule has 0 bridgehead atoms. The minimum atomic E-state index is 0.607. The van der Waals surface area contributed by atoms with Crippen LogP contribution in [-0.2, 0) is 0 Å². The molecule has 0 amide bonds. The highest BCUT2D eigenvalue weighted by atomic mass is 14.7. The molecule has 0 aliphatic rings. The fourth-order valence-electron chi connectivity index (χ4n) is 0.928. The molecule has 0 heterocycles. The molecule has 0 atom stereocenters. The lowest BCUT2D eigenvalue weighted by Crippen LogP contribution is -2.01. The molecule has 13 heavy (non-hydrogen) atoms. The van der Waals surface area contributed by atoms with Gasteiger partial charge in [-0.1, -0.05) is 36.4 Å². The van der Waals surface area contributed by atoms with Crippen molar-refractivity contribution in [2.75, 3.05) is 13.1 Å². The average molecular weight is 174 g/mol. The maximum Gasteiger partial charge on any atom is 0.0511 e. The Morgan fingerprint density at radius 3 is 2.69 bits per heavy atom. The Morgan fingerprint density at radius 1 is 1.23 bits per heavy atom. The third kappa shape index (κ3) is 4.23. The molecule has 0 fully saturated rings. The lowest BCUT2D eigenvalue weighted by molar-refractivity contribution is 0.981. The number of hydrogen-bond donors (Lipinski definition) is 1. The van der Waals surface area contributed by atoms with Gasteiger partial charge in [-0.15, -0.1) is 0 Å². The van der Waals surface area contributed by atoms with Crippen molar-refractivity contribution >= 4 is 12.3 Å². The second kappa shape index (κ2) is 6.14. The molecule has 2 N–H and O–H groups in total. The Hall–Kier alpha value is -1.41. The van der Waals surface area contributed by atoms with Crippen molar-refractivity contribution in [1.82, 2.24) is 0 Å². The van der Waals surface area contributed by atoms with E-state index in [1.165, 1.54) is 5.56 Å². The highest BCUT2D eigenvalue weighted by molar-refractivity contribution is 5.78. The van der Waals surface area contributed by atoms with E-state index in [9.17, 15) is 0 Å². The molecule has 0 radical (unpaired) electrons. The molecule has 0 saturated carbocycles. The van der Waals surface area contributed by atoms with Crippen LogP contribution in [0.15, 0.2) is 41.4 Å². The van der Waals surface area contributed by atoms with E-state index in [1.807, 2.05) is 42.5 Å². The third-order valence-corrected chi connectivity index (χ3v) is 1.54. The molecule has 0 unspecified atom stereocenters. The van der Waals surface area contributed by atoms with E-state index in [4.69, 9.17) is 5.73 Å². The predicted octanol–water partition coefficient (Wildman–Crippen LogP) is 1.73. The fourth-order valence-corrected chi connectivity index (χ4v) is 0.928. The number of aliphatic imine (C=N–C) groups is 1. The third-order valence-electron chi connectivity index (χ3n) is 1.54. The zero-order valence-corrected chi connectivity index (χ0v) is 7.56. The molecule has 68 valence electrons. The van der Waals surface area contributed by atoms with Crippen LogP contribution < -0.4 is 5.73 Å². The zero-order chi connectivity index (χ0) is 9.36. The van der Waals surface area contributed by atoms with Crippen molar-refractivity contribution in [3.63, 3.8) is 0 Å². The highest BCUT2D eigenvalue weighted by Gasteiger charge is 1.79. The summed E-state index contributed by atoms with van der Waals surface area (Å²) in [5.41, 5.74) is 6.47. The van der Waals surface area contributed by atoms with Crippen molar-refractivity contribution in [3.8, 4) is 0 Å². The first-order valence-corrected chi connectivity index (χ1v) is 4.35. The second-order valence-electron chi connectivity index (χ2n) is 2.61. The van der Waals surface area contributed by atoms with Gasteiger partial charge in [0, 0.05) is 12.8 Å². The van der Waals surface area contributed by atoms with E-state index in [1.54, 1.807) is 6.21 Å². The summed E-state index contributed by atoms with van der Waals surface area (Å²) in [7, 11) is 0. The summed E-state index contributed by atoms with van der Waals surface area (Å²) < 4.78 is 0. The normalized spacial score (nSPS) is 11.5. The van der Waals surface area contributed by atoms with E-state index in [-0.39, 0.29) is 0 Å². The number of nitrogens with two attached hydrogens (primary N) is 1. The summed E-state index contributed by atoms with van der Waals surface area (Å²) in [6.07, 6.45) is 5.71. The van der Waals surface area contributed by atoms with Gasteiger partial charge in [0.2, 0.25) is 0 Å². The number of rotatable bonds is 4. The van der Waals surface area contributed by atoms with Crippen molar-refractivity contribution in [2.24, 2.45) is 10.7 Å². The molecule has 0 saturated heterocycles. The number of nitrogens with zero attached hydrogens (tertiary/aromatic N) is 1. The van der Waals surface area contributed by atoms with Gasteiger partial charge in [0.1, 0.15) is 0 Å². The van der Waals surface area contributed by atoms with Crippen LogP contribution in [0.1, 0.15) is 5.56 Å². The highest BCUT2D eigenvalue weighted by Crippen LogP contribution is 1.99. The van der Waals surface area contributed by atoms with Gasteiger partial charge in [-0.3, -0.25) is 4.99 Å². The molecule has 2 nitrogen and oxygen atoms in total. The lowest BCUT2D eigenvalue weighted by atomic mass is 10.2. The number of allylic oxidation sites excluding steroid dienone is 1. The molecule has 1 rings (SSSR count). The average Bonchev–Trinajstić information content (AvgIpc) is 2.19. The predicted molar refractivity (Wildman–Crippen MR) is 57.9 cm³/mol. The summed E-state index contributed by atoms with van der Waals surface area (Å²) in [6, 6.07) is 10.1. The minimum Gasteiger partial charge on any atom is -0.329 e. The van der Waals surface area contributed by atoms with E-state index in [2.05, 4.69) is 4.99 Å². The van der Waals surface area contributed by atoms with Gasteiger partial charge in [-0.2, -0.15) is 0 Å². The van der Waals surface area contributed by atoms with Crippen LogP contribution in [0.2, 0.25) is 0 Å². The van der Waals surface area contributed by atoms with Gasteiger partial charge in [0.05, 0.1) is 6.54 Å². The quantitative estimate of drug-likeness (QED) is 0.693. The first-order valence-electron chi connectivity index (χ1n) is 4.35. The lowest BCUT2D eigenvalue weighted by Gasteiger charge is -1.88. The summed E-state index contributed by atoms with van der Waals surface area (Å²) in [6.45, 7) is 1.30. The maximum absolute atomic E-state index is 5.28. The second-order valence-corrected chi connectivity index (χ2v) is 2.61. The van der Waals surface area contributed by atoms with Crippen molar-refractivity contribution < 1.29 is 0 Å². The van der Waals surface area contributed by atoms with Crippen LogP contribution in [0.25, 0.3) is 6.08 Å². The van der Waals surface area contributed by atoms with Crippen molar-refractivity contribution in [2.45, 2.75) is 0 Å². The molecule has 2 heteroatoms. The van der Waals surface area contributed by atoms with Crippen molar-refractivity contribution in [1.29, 1.82) is 0 Å². The smallest absolute Gasteiger partial charge is 0.0511 e.